The van der Waals surface area contributed by atoms with E-state index in [0.717, 1.165) is 12.8 Å². The quantitative estimate of drug-likeness (QED) is 0.897. The van der Waals surface area contributed by atoms with Crippen LogP contribution in [-0.4, -0.2) is 12.2 Å². The van der Waals surface area contributed by atoms with Gasteiger partial charge in [-0.3, -0.25) is 0 Å². The third-order valence-electron chi connectivity index (χ3n) is 3.94. The maximum Gasteiger partial charge on any atom is 0.0772 e. The number of nitrogens with two attached hydrogens (primary N) is 1. The summed E-state index contributed by atoms with van der Waals surface area (Å²) < 4.78 is 7.09. The van der Waals surface area contributed by atoms with E-state index in [9.17, 15) is 0 Å². The van der Waals surface area contributed by atoms with E-state index in [0.29, 0.717) is 6.10 Å². The fraction of sp³-hybridized carbons (Fsp3) is 0.600. The molecule has 3 heteroatoms. The molecule has 0 amide bonds. The molecule has 3 atom stereocenters. The molecule has 1 heterocycles. The second-order valence-corrected chi connectivity index (χ2v) is 6.24. The molecule has 2 N–H and O–H groups in total. The van der Waals surface area contributed by atoms with Crippen molar-refractivity contribution in [3.05, 3.63) is 32.8 Å². The van der Waals surface area contributed by atoms with Gasteiger partial charge < -0.3 is 10.5 Å². The fourth-order valence-electron chi connectivity index (χ4n) is 2.97. The third kappa shape index (κ3) is 2.49. The molecule has 0 aliphatic carbocycles. The molecule has 1 fully saturated rings. The van der Waals surface area contributed by atoms with E-state index in [1.807, 2.05) is 0 Å². The summed E-state index contributed by atoms with van der Waals surface area (Å²) in [7, 11) is 0. The summed E-state index contributed by atoms with van der Waals surface area (Å²) in [6, 6.07) is 2.18. The van der Waals surface area contributed by atoms with Gasteiger partial charge in [-0.1, -0.05) is 22.0 Å². The van der Waals surface area contributed by atoms with Gasteiger partial charge in [0.05, 0.1) is 18.2 Å². The van der Waals surface area contributed by atoms with Crippen molar-refractivity contribution < 1.29 is 4.74 Å². The molecule has 2 rings (SSSR count). The Hall–Kier alpha value is -0.380. The first-order valence-corrected chi connectivity index (χ1v) is 7.38. The Balaban J connectivity index is 2.36. The van der Waals surface area contributed by atoms with Gasteiger partial charge >= 0.3 is 0 Å². The molecule has 0 bridgehead atoms. The second kappa shape index (κ2) is 5.32. The maximum atomic E-state index is 6.44. The Morgan fingerprint density at radius 2 is 1.94 bits per heavy atom. The number of aryl methyl sites for hydroxylation is 2. The van der Waals surface area contributed by atoms with Crippen LogP contribution in [0.1, 0.15) is 48.1 Å². The van der Waals surface area contributed by atoms with Crippen molar-refractivity contribution in [3.63, 3.8) is 0 Å². The summed E-state index contributed by atoms with van der Waals surface area (Å²) in [6.07, 6.45) is 2.68. The molecule has 0 radical (unpaired) electrons. The summed E-state index contributed by atoms with van der Waals surface area (Å²) >= 11 is 3.66. The van der Waals surface area contributed by atoms with E-state index in [4.69, 9.17) is 10.5 Å². The van der Waals surface area contributed by atoms with E-state index in [2.05, 4.69) is 49.7 Å². The number of halogens is 1. The molecule has 3 unspecified atom stereocenters. The number of benzene rings is 1. The SMILES string of the molecule is Cc1cc(C)c(C(N)C2CCC(C)O2)c(C)c1Br. The van der Waals surface area contributed by atoms with Gasteiger partial charge in [-0.05, 0) is 62.8 Å². The lowest BCUT2D eigenvalue weighted by molar-refractivity contribution is 0.0399. The molecule has 100 valence electrons. The van der Waals surface area contributed by atoms with Crippen LogP contribution in [0.2, 0.25) is 0 Å². The monoisotopic (exact) mass is 311 g/mol. The lowest BCUT2D eigenvalue weighted by Crippen LogP contribution is -2.28. The lowest BCUT2D eigenvalue weighted by atomic mass is 9.91. The van der Waals surface area contributed by atoms with Crippen LogP contribution >= 0.6 is 15.9 Å². The van der Waals surface area contributed by atoms with Crippen molar-refractivity contribution in [1.29, 1.82) is 0 Å². The predicted molar refractivity (Wildman–Crippen MR) is 78.9 cm³/mol. The lowest BCUT2D eigenvalue weighted by Gasteiger charge is -2.24. The zero-order chi connectivity index (χ0) is 13.4. The first-order chi connectivity index (χ1) is 8.41. The Labute approximate surface area is 118 Å². The maximum absolute atomic E-state index is 6.44. The summed E-state index contributed by atoms with van der Waals surface area (Å²) in [6.45, 7) is 8.52. The van der Waals surface area contributed by atoms with Crippen molar-refractivity contribution in [2.45, 2.75) is 58.8 Å². The van der Waals surface area contributed by atoms with Gasteiger partial charge in [0.2, 0.25) is 0 Å². The van der Waals surface area contributed by atoms with Crippen LogP contribution in [0, 0.1) is 20.8 Å². The average molecular weight is 312 g/mol. The highest BCUT2D eigenvalue weighted by Gasteiger charge is 2.30. The Kier molecular flexibility index (Phi) is 4.15. The molecule has 2 nitrogen and oxygen atoms in total. The van der Waals surface area contributed by atoms with Crippen molar-refractivity contribution in [2.24, 2.45) is 5.73 Å². The van der Waals surface area contributed by atoms with Crippen LogP contribution in [0.3, 0.4) is 0 Å². The predicted octanol–water partition coefficient (Wildman–Crippen LogP) is 3.94. The smallest absolute Gasteiger partial charge is 0.0772 e. The largest absolute Gasteiger partial charge is 0.373 e. The summed E-state index contributed by atoms with van der Waals surface area (Å²) in [5, 5.41) is 0. The highest BCUT2D eigenvalue weighted by atomic mass is 79.9. The molecule has 0 aromatic heterocycles. The highest BCUT2D eigenvalue weighted by Crippen LogP contribution is 2.35. The van der Waals surface area contributed by atoms with Gasteiger partial charge in [0.15, 0.2) is 0 Å². The summed E-state index contributed by atoms with van der Waals surface area (Å²) in [5.41, 5.74) is 11.5. The molecule has 0 saturated carbocycles. The van der Waals surface area contributed by atoms with Crippen molar-refractivity contribution in [1.82, 2.24) is 0 Å². The van der Waals surface area contributed by atoms with Crippen LogP contribution in [0.5, 0.6) is 0 Å². The molecule has 0 spiro atoms. The number of rotatable bonds is 2. The van der Waals surface area contributed by atoms with Gasteiger partial charge in [0.25, 0.3) is 0 Å². The first kappa shape index (κ1) is 14.0. The van der Waals surface area contributed by atoms with E-state index in [-0.39, 0.29) is 12.1 Å². The van der Waals surface area contributed by atoms with Gasteiger partial charge in [-0.2, -0.15) is 0 Å². The minimum Gasteiger partial charge on any atom is -0.373 e. The topological polar surface area (TPSA) is 35.2 Å². The molecule has 1 aliphatic heterocycles. The molecule has 1 aliphatic rings. The van der Waals surface area contributed by atoms with Crippen LogP contribution in [-0.2, 0) is 4.74 Å². The van der Waals surface area contributed by atoms with Crippen LogP contribution in [0.25, 0.3) is 0 Å². The molecular formula is C15H22BrNO. The van der Waals surface area contributed by atoms with E-state index in [1.54, 1.807) is 0 Å². The number of ether oxygens (including phenoxy) is 1. The van der Waals surface area contributed by atoms with E-state index < -0.39 is 0 Å². The molecule has 1 saturated heterocycles. The number of hydrogen-bond acceptors (Lipinski definition) is 2. The third-order valence-corrected chi connectivity index (χ3v) is 5.16. The molecule has 1 aromatic rings. The van der Waals surface area contributed by atoms with Crippen molar-refractivity contribution in [3.8, 4) is 0 Å². The summed E-state index contributed by atoms with van der Waals surface area (Å²) in [4.78, 5) is 0. The molecule has 18 heavy (non-hydrogen) atoms. The zero-order valence-electron chi connectivity index (χ0n) is 11.6. The zero-order valence-corrected chi connectivity index (χ0v) is 13.2. The van der Waals surface area contributed by atoms with Crippen LogP contribution in [0.4, 0.5) is 0 Å². The molecular weight excluding hydrogens is 290 g/mol. The minimum absolute atomic E-state index is 0.0214. The Morgan fingerprint density at radius 3 is 2.50 bits per heavy atom. The van der Waals surface area contributed by atoms with Gasteiger partial charge in [0.1, 0.15) is 0 Å². The van der Waals surface area contributed by atoms with Gasteiger partial charge in [-0.25, -0.2) is 0 Å². The minimum atomic E-state index is -0.0214. The number of hydrogen-bond donors (Lipinski definition) is 1. The Bertz CT molecular complexity index is 458. The summed E-state index contributed by atoms with van der Waals surface area (Å²) in [5.74, 6) is 0. The van der Waals surface area contributed by atoms with Crippen molar-refractivity contribution in [2.75, 3.05) is 0 Å². The van der Waals surface area contributed by atoms with E-state index in [1.165, 1.54) is 26.7 Å². The highest BCUT2D eigenvalue weighted by molar-refractivity contribution is 9.10. The average Bonchev–Trinajstić information content (AvgIpc) is 2.73. The second-order valence-electron chi connectivity index (χ2n) is 5.45. The normalized spacial score (nSPS) is 25.4. The van der Waals surface area contributed by atoms with Crippen LogP contribution < -0.4 is 5.73 Å². The fourth-order valence-corrected chi connectivity index (χ4v) is 3.30. The Morgan fingerprint density at radius 1 is 1.28 bits per heavy atom. The van der Waals surface area contributed by atoms with Gasteiger partial charge in [-0.15, -0.1) is 0 Å². The van der Waals surface area contributed by atoms with Crippen molar-refractivity contribution >= 4 is 15.9 Å². The molecule has 1 aromatic carbocycles. The van der Waals surface area contributed by atoms with Crippen LogP contribution in [0.15, 0.2) is 10.5 Å². The van der Waals surface area contributed by atoms with E-state index >= 15 is 0 Å². The standard InChI is InChI=1S/C15H22BrNO/c1-8-7-9(2)14(16)11(4)13(8)15(17)12-6-5-10(3)18-12/h7,10,12,15H,5-6,17H2,1-4H3. The first-order valence-electron chi connectivity index (χ1n) is 6.59. The van der Waals surface area contributed by atoms with Gasteiger partial charge in [0, 0.05) is 4.47 Å².